The first-order chi connectivity index (χ1) is 6.62. The minimum atomic E-state index is -0.235. The molecule has 14 heavy (non-hydrogen) atoms. The zero-order valence-corrected chi connectivity index (χ0v) is 8.92. The summed E-state index contributed by atoms with van der Waals surface area (Å²) >= 11 is 0. The van der Waals surface area contributed by atoms with Gasteiger partial charge in [0.15, 0.2) is 0 Å². The van der Waals surface area contributed by atoms with Gasteiger partial charge in [-0.15, -0.1) is 0 Å². The van der Waals surface area contributed by atoms with E-state index in [0.717, 1.165) is 25.7 Å². The smallest absolute Gasteiger partial charge is 0.0696 e. The lowest BCUT2D eigenvalue weighted by Gasteiger charge is -2.52. The molecule has 0 heterocycles. The van der Waals surface area contributed by atoms with Crippen LogP contribution in [0.2, 0.25) is 0 Å². The van der Waals surface area contributed by atoms with E-state index in [-0.39, 0.29) is 16.9 Å². The Morgan fingerprint density at radius 2 is 2.00 bits per heavy atom. The first-order valence-corrected chi connectivity index (χ1v) is 5.71. The van der Waals surface area contributed by atoms with Gasteiger partial charge in [0, 0.05) is 0 Å². The Morgan fingerprint density at radius 3 is 2.71 bits per heavy atom. The van der Waals surface area contributed by atoms with Crippen molar-refractivity contribution in [2.75, 3.05) is 0 Å². The molecule has 3 atom stereocenters. The number of hydrogen-bond acceptors (Lipinski definition) is 2. The molecule has 0 saturated heterocycles. The molecule has 0 spiro atoms. The molecule has 78 valence electrons. The van der Waals surface area contributed by atoms with Crippen LogP contribution in [0.15, 0.2) is 0 Å². The average molecular weight is 193 g/mol. The molecule has 0 radical (unpaired) electrons. The van der Waals surface area contributed by atoms with Crippen LogP contribution in [0.5, 0.6) is 0 Å². The third kappa shape index (κ3) is 1.26. The quantitative estimate of drug-likeness (QED) is 0.642. The molecule has 0 aromatic heterocycles. The van der Waals surface area contributed by atoms with Crippen LogP contribution in [0, 0.1) is 22.2 Å². The minimum absolute atomic E-state index is 0.180. The van der Waals surface area contributed by atoms with E-state index in [1.54, 1.807) is 0 Å². The van der Waals surface area contributed by atoms with Gasteiger partial charge in [0.05, 0.1) is 17.6 Å². The molecule has 0 aromatic rings. The van der Waals surface area contributed by atoms with Gasteiger partial charge in [-0.3, -0.25) is 0 Å². The topological polar surface area (TPSA) is 44.0 Å². The molecule has 2 rings (SSSR count). The lowest BCUT2D eigenvalue weighted by Crippen LogP contribution is -2.47. The first-order valence-electron chi connectivity index (χ1n) is 5.71. The maximum absolute atomic E-state index is 9.71. The number of aliphatic hydroxyl groups is 1. The van der Waals surface area contributed by atoms with Gasteiger partial charge in [0.25, 0.3) is 0 Å². The Kier molecular flexibility index (Phi) is 2.31. The summed E-state index contributed by atoms with van der Waals surface area (Å²) in [5, 5.41) is 19.1. The van der Waals surface area contributed by atoms with E-state index in [1.165, 1.54) is 12.8 Å². The van der Waals surface area contributed by atoms with E-state index < -0.39 is 0 Å². The second-order valence-electron chi connectivity index (χ2n) is 5.36. The summed E-state index contributed by atoms with van der Waals surface area (Å²) in [7, 11) is 0. The predicted molar refractivity (Wildman–Crippen MR) is 54.5 cm³/mol. The summed E-state index contributed by atoms with van der Waals surface area (Å²) in [6.07, 6.45) is 6.98. The number of nitriles is 1. The van der Waals surface area contributed by atoms with Crippen molar-refractivity contribution in [2.45, 2.75) is 58.0 Å². The maximum atomic E-state index is 9.71. The highest BCUT2D eigenvalue weighted by Gasteiger charge is 2.53. The molecule has 2 aliphatic rings. The average Bonchev–Trinajstić information content (AvgIpc) is 2.19. The lowest BCUT2D eigenvalue weighted by atomic mass is 9.51. The second kappa shape index (κ2) is 3.24. The summed E-state index contributed by atoms with van der Waals surface area (Å²) in [6, 6.07) is 2.53. The molecule has 0 bridgehead atoms. The molecule has 3 unspecified atom stereocenters. The highest BCUT2D eigenvalue weighted by molar-refractivity contribution is 5.13. The molecule has 2 heteroatoms. The fraction of sp³-hybridized carbons (Fsp3) is 0.917. The van der Waals surface area contributed by atoms with E-state index in [9.17, 15) is 10.4 Å². The molecular weight excluding hydrogens is 174 g/mol. The van der Waals surface area contributed by atoms with Crippen molar-refractivity contribution in [1.29, 1.82) is 5.26 Å². The molecule has 2 fully saturated rings. The Labute approximate surface area is 85.9 Å². The molecule has 0 amide bonds. The Morgan fingerprint density at radius 1 is 1.29 bits per heavy atom. The monoisotopic (exact) mass is 193 g/mol. The molecule has 2 aliphatic carbocycles. The molecule has 2 nitrogen and oxygen atoms in total. The third-order valence-electron chi connectivity index (χ3n) is 4.56. The van der Waals surface area contributed by atoms with Crippen molar-refractivity contribution in [3.63, 3.8) is 0 Å². The summed E-state index contributed by atoms with van der Waals surface area (Å²) in [5.74, 6) is 0. The van der Waals surface area contributed by atoms with Crippen molar-refractivity contribution in [3.8, 4) is 6.07 Å². The molecule has 0 aromatic carbocycles. The molecule has 0 aliphatic heterocycles. The van der Waals surface area contributed by atoms with Gasteiger partial charge >= 0.3 is 0 Å². The van der Waals surface area contributed by atoms with Crippen molar-refractivity contribution in [2.24, 2.45) is 10.8 Å². The number of fused-ring (bicyclic) bond motifs is 1. The van der Waals surface area contributed by atoms with Gasteiger partial charge < -0.3 is 5.11 Å². The highest BCUT2D eigenvalue weighted by Crippen LogP contribution is 2.58. The summed E-state index contributed by atoms with van der Waals surface area (Å²) in [6.45, 7) is 2.25. The van der Waals surface area contributed by atoms with Gasteiger partial charge in [0.2, 0.25) is 0 Å². The number of hydrogen-bond donors (Lipinski definition) is 1. The van der Waals surface area contributed by atoms with E-state index in [2.05, 4.69) is 13.0 Å². The van der Waals surface area contributed by atoms with E-state index >= 15 is 0 Å². The van der Waals surface area contributed by atoms with Gasteiger partial charge in [-0.25, -0.2) is 0 Å². The van der Waals surface area contributed by atoms with Gasteiger partial charge in [-0.05, 0) is 37.5 Å². The van der Waals surface area contributed by atoms with Crippen molar-refractivity contribution in [1.82, 2.24) is 0 Å². The zero-order chi connectivity index (χ0) is 10.2. The van der Waals surface area contributed by atoms with E-state index in [0.29, 0.717) is 6.42 Å². The Balaban J connectivity index is 2.30. The van der Waals surface area contributed by atoms with Crippen LogP contribution in [0.1, 0.15) is 51.9 Å². The van der Waals surface area contributed by atoms with Crippen LogP contribution in [0.25, 0.3) is 0 Å². The number of aliphatic hydroxyl groups excluding tert-OH is 1. The molecular formula is C12H19NO. The van der Waals surface area contributed by atoms with Crippen molar-refractivity contribution < 1.29 is 5.11 Å². The Bertz CT molecular complexity index is 270. The highest BCUT2D eigenvalue weighted by atomic mass is 16.3. The number of rotatable bonds is 0. The predicted octanol–water partition coefficient (Wildman–Crippen LogP) is 2.62. The summed E-state index contributed by atoms with van der Waals surface area (Å²) in [4.78, 5) is 0. The molecule has 1 N–H and O–H groups in total. The van der Waals surface area contributed by atoms with Gasteiger partial charge in [-0.1, -0.05) is 19.8 Å². The number of nitrogens with zero attached hydrogens (tertiary/aromatic N) is 1. The standard InChI is InChI=1S/C12H19NO/c1-11-5-2-3-6-12(11,9-13)8-10(14)4-7-11/h10,14H,2-8H2,1H3. The summed E-state index contributed by atoms with van der Waals surface area (Å²) in [5.41, 5.74) is -0.0395. The van der Waals surface area contributed by atoms with Crippen LogP contribution in [-0.2, 0) is 0 Å². The fourth-order valence-electron chi connectivity index (χ4n) is 3.42. The van der Waals surface area contributed by atoms with Crippen LogP contribution >= 0.6 is 0 Å². The van der Waals surface area contributed by atoms with Gasteiger partial charge in [-0.2, -0.15) is 5.26 Å². The largest absolute Gasteiger partial charge is 0.393 e. The van der Waals surface area contributed by atoms with Crippen LogP contribution < -0.4 is 0 Å². The van der Waals surface area contributed by atoms with Crippen molar-refractivity contribution >= 4 is 0 Å². The molecule has 2 saturated carbocycles. The third-order valence-corrected chi connectivity index (χ3v) is 4.56. The summed E-state index contributed by atoms with van der Waals surface area (Å²) < 4.78 is 0. The zero-order valence-electron chi connectivity index (χ0n) is 8.92. The second-order valence-corrected chi connectivity index (χ2v) is 5.36. The van der Waals surface area contributed by atoms with E-state index in [1.807, 2.05) is 0 Å². The normalized spacial score (nSPS) is 47.9. The first kappa shape index (κ1) is 9.98. The van der Waals surface area contributed by atoms with Crippen LogP contribution in [0.4, 0.5) is 0 Å². The van der Waals surface area contributed by atoms with Gasteiger partial charge in [0.1, 0.15) is 0 Å². The lowest BCUT2D eigenvalue weighted by molar-refractivity contribution is -0.0513. The fourth-order valence-corrected chi connectivity index (χ4v) is 3.42. The van der Waals surface area contributed by atoms with E-state index in [4.69, 9.17) is 0 Å². The minimum Gasteiger partial charge on any atom is -0.393 e. The van der Waals surface area contributed by atoms with Crippen molar-refractivity contribution in [3.05, 3.63) is 0 Å². The SMILES string of the molecule is CC12CCCCC1(C#N)CC(O)CC2. The Hall–Kier alpha value is -0.550. The maximum Gasteiger partial charge on any atom is 0.0696 e. The van der Waals surface area contributed by atoms with Crippen LogP contribution in [-0.4, -0.2) is 11.2 Å². The van der Waals surface area contributed by atoms with Crippen LogP contribution in [0.3, 0.4) is 0 Å².